The minimum atomic E-state index is -0.470. The van der Waals surface area contributed by atoms with Crippen LogP contribution < -0.4 is 10.6 Å². The van der Waals surface area contributed by atoms with Crippen molar-refractivity contribution in [3.8, 4) is 0 Å². The van der Waals surface area contributed by atoms with Crippen LogP contribution >= 0.6 is 11.8 Å². The molecule has 2 N–H and O–H groups in total. The summed E-state index contributed by atoms with van der Waals surface area (Å²) in [4.78, 5) is 23.4. The summed E-state index contributed by atoms with van der Waals surface area (Å²) in [5.74, 6) is 0.895. The van der Waals surface area contributed by atoms with E-state index in [0.29, 0.717) is 24.0 Å². The molecule has 3 amide bonds. The number of hydrogen-bond donors (Lipinski definition) is 2. The number of nitrogens with zero attached hydrogens (tertiary/aromatic N) is 3. The van der Waals surface area contributed by atoms with Crippen LogP contribution in [0.4, 0.5) is 4.79 Å². The van der Waals surface area contributed by atoms with Gasteiger partial charge in [-0.05, 0) is 11.5 Å². The van der Waals surface area contributed by atoms with Crippen LogP contribution in [0.5, 0.6) is 0 Å². The summed E-state index contributed by atoms with van der Waals surface area (Å²) >= 11 is 1.25. The first-order valence-corrected chi connectivity index (χ1v) is 9.07. The van der Waals surface area contributed by atoms with Gasteiger partial charge in [-0.25, -0.2) is 4.79 Å². The van der Waals surface area contributed by atoms with Gasteiger partial charge in [-0.3, -0.25) is 10.1 Å². The van der Waals surface area contributed by atoms with E-state index in [2.05, 4.69) is 20.8 Å². The predicted molar refractivity (Wildman–Crippen MR) is 97.4 cm³/mol. The van der Waals surface area contributed by atoms with Crippen molar-refractivity contribution < 1.29 is 9.59 Å². The van der Waals surface area contributed by atoms with Crippen LogP contribution in [0, 0.1) is 5.92 Å². The Kier molecular flexibility index (Phi) is 7.00. The van der Waals surface area contributed by atoms with Crippen molar-refractivity contribution in [3.63, 3.8) is 0 Å². The molecule has 0 radical (unpaired) electrons. The third kappa shape index (κ3) is 6.22. The Morgan fingerprint density at radius 2 is 1.92 bits per heavy atom. The van der Waals surface area contributed by atoms with Crippen molar-refractivity contribution in [2.75, 3.05) is 12.3 Å². The normalized spacial score (nSPS) is 10.7. The Bertz CT molecular complexity index is 715. The van der Waals surface area contributed by atoms with Gasteiger partial charge in [-0.2, -0.15) is 0 Å². The molecule has 0 unspecified atom stereocenters. The van der Waals surface area contributed by atoms with E-state index >= 15 is 0 Å². The largest absolute Gasteiger partial charge is 0.338 e. The summed E-state index contributed by atoms with van der Waals surface area (Å²) in [5, 5.41) is 13.9. The third-order valence-corrected chi connectivity index (χ3v) is 4.41. The summed E-state index contributed by atoms with van der Waals surface area (Å²) < 4.78 is 1.86. The van der Waals surface area contributed by atoms with Crippen LogP contribution in [0.3, 0.4) is 0 Å². The van der Waals surface area contributed by atoms with Gasteiger partial charge in [0.2, 0.25) is 5.91 Å². The highest BCUT2D eigenvalue weighted by atomic mass is 32.2. The maximum atomic E-state index is 11.8. The fraction of sp³-hybridized carbons (Fsp3) is 0.412. The Morgan fingerprint density at radius 3 is 2.60 bits per heavy atom. The number of hydrogen-bond acceptors (Lipinski definition) is 5. The molecule has 134 valence electrons. The van der Waals surface area contributed by atoms with Crippen molar-refractivity contribution in [1.82, 2.24) is 25.4 Å². The zero-order valence-corrected chi connectivity index (χ0v) is 15.5. The first-order chi connectivity index (χ1) is 12.0. The van der Waals surface area contributed by atoms with E-state index < -0.39 is 6.03 Å². The summed E-state index contributed by atoms with van der Waals surface area (Å²) in [6, 6.07) is 9.53. The molecular formula is C17H23N5O2S. The molecule has 0 aliphatic heterocycles. The van der Waals surface area contributed by atoms with E-state index in [1.165, 1.54) is 11.8 Å². The van der Waals surface area contributed by atoms with Gasteiger partial charge >= 0.3 is 6.03 Å². The van der Waals surface area contributed by atoms with Gasteiger partial charge in [0.1, 0.15) is 5.82 Å². The molecule has 0 atom stereocenters. The molecule has 0 fully saturated rings. The average Bonchev–Trinajstić information content (AvgIpc) is 2.92. The Hall–Kier alpha value is -2.35. The average molecular weight is 361 g/mol. The molecule has 0 aliphatic carbocycles. The summed E-state index contributed by atoms with van der Waals surface area (Å²) in [5.41, 5.74) is 1.15. The first-order valence-electron chi connectivity index (χ1n) is 8.08. The van der Waals surface area contributed by atoms with Gasteiger partial charge < -0.3 is 9.88 Å². The molecule has 8 heteroatoms. The fourth-order valence-electron chi connectivity index (χ4n) is 2.04. The SMILES string of the molecule is CC(C)CNC(=O)NC(=O)CSc1nnc(Cc2ccccc2)n1C. The smallest absolute Gasteiger partial charge is 0.321 e. The summed E-state index contributed by atoms with van der Waals surface area (Å²) in [7, 11) is 1.87. The van der Waals surface area contributed by atoms with E-state index in [9.17, 15) is 9.59 Å². The van der Waals surface area contributed by atoms with Crippen molar-refractivity contribution in [1.29, 1.82) is 0 Å². The number of rotatable bonds is 7. The number of aromatic nitrogens is 3. The lowest BCUT2D eigenvalue weighted by molar-refractivity contribution is -0.117. The van der Waals surface area contributed by atoms with Crippen LogP contribution in [-0.2, 0) is 18.3 Å². The molecule has 0 saturated heterocycles. The molecule has 1 heterocycles. The van der Waals surface area contributed by atoms with Gasteiger partial charge in [-0.1, -0.05) is 55.9 Å². The molecule has 2 aromatic rings. The second-order valence-corrected chi connectivity index (χ2v) is 7.00. The zero-order valence-electron chi connectivity index (χ0n) is 14.7. The van der Waals surface area contributed by atoms with E-state index in [4.69, 9.17) is 0 Å². The molecule has 25 heavy (non-hydrogen) atoms. The van der Waals surface area contributed by atoms with E-state index in [1.807, 2.05) is 55.8 Å². The number of benzene rings is 1. The molecular weight excluding hydrogens is 338 g/mol. The van der Waals surface area contributed by atoms with Crippen molar-refractivity contribution in [2.24, 2.45) is 13.0 Å². The lowest BCUT2D eigenvalue weighted by Crippen LogP contribution is -2.41. The quantitative estimate of drug-likeness (QED) is 0.736. The minimum absolute atomic E-state index is 0.104. The van der Waals surface area contributed by atoms with Crippen molar-refractivity contribution in [3.05, 3.63) is 41.7 Å². The Labute approximate surface area is 151 Å². The number of thioether (sulfide) groups is 1. The highest BCUT2D eigenvalue weighted by molar-refractivity contribution is 7.99. The van der Waals surface area contributed by atoms with Gasteiger partial charge in [0, 0.05) is 20.0 Å². The molecule has 0 aliphatic rings. The van der Waals surface area contributed by atoms with Gasteiger partial charge in [0.15, 0.2) is 5.16 Å². The number of nitrogens with one attached hydrogen (secondary N) is 2. The highest BCUT2D eigenvalue weighted by Gasteiger charge is 2.13. The monoisotopic (exact) mass is 361 g/mol. The molecule has 2 rings (SSSR count). The fourth-order valence-corrected chi connectivity index (χ4v) is 2.77. The van der Waals surface area contributed by atoms with Gasteiger partial charge in [-0.15, -0.1) is 10.2 Å². The molecule has 0 saturated carbocycles. The number of carbonyl (C=O) groups excluding carboxylic acids is 2. The molecule has 1 aromatic heterocycles. The van der Waals surface area contributed by atoms with Crippen LogP contribution in [-0.4, -0.2) is 39.0 Å². The second-order valence-electron chi connectivity index (χ2n) is 6.06. The van der Waals surface area contributed by atoms with Gasteiger partial charge in [0.05, 0.1) is 5.75 Å². The molecule has 0 bridgehead atoms. The maximum Gasteiger partial charge on any atom is 0.321 e. The molecule has 0 spiro atoms. The van der Waals surface area contributed by atoms with Crippen LogP contribution in [0.25, 0.3) is 0 Å². The minimum Gasteiger partial charge on any atom is -0.338 e. The maximum absolute atomic E-state index is 11.8. The van der Waals surface area contributed by atoms with E-state index in [0.717, 1.165) is 11.4 Å². The number of carbonyl (C=O) groups is 2. The van der Waals surface area contributed by atoms with E-state index in [1.54, 1.807) is 0 Å². The molecule has 1 aromatic carbocycles. The first kappa shape index (κ1) is 19.0. The summed E-state index contributed by atoms with van der Waals surface area (Å²) in [6.45, 7) is 4.50. The van der Waals surface area contributed by atoms with Crippen molar-refractivity contribution in [2.45, 2.75) is 25.4 Å². The van der Waals surface area contributed by atoms with Gasteiger partial charge in [0.25, 0.3) is 0 Å². The number of amides is 3. The van der Waals surface area contributed by atoms with Crippen LogP contribution in [0.1, 0.15) is 25.2 Å². The highest BCUT2D eigenvalue weighted by Crippen LogP contribution is 2.17. The zero-order chi connectivity index (χ0) is 18.2. The Morgan fingerprint density at radius 1 is 1.20 bits per heavy atom. The second kappa shape index (κ2) is 9.22. The molecule has 7 nitrogen and oxygen atoms in total. The predicted octanol–water partition coefficient (Wildman–Crippen LogP) is 1.98. The van der Waals surface area contributed by atoms with Crippen molar-refractivity contribution >= 4 is 23.7 Å². The number of imide groups is 1. The van der Waals surface area contributed by atoms with Crippen LogP contribution in [0.15, 0.2) is 35.5 Å². The van der Waals surface area contributed by atoms with E-state index in [-0.39, 0.29) is 11.7 Å². The lowest BCUT2D eigenvalue weighted by Gasteiger charge is -2.08. The number of urea groups is 1. The Balaban J connectivity index is 1.83. The third-order valence-electron chi connectivity index (χ3n) is 3.39. The van der Waals surface area contributed by atoms with Crippen LogP contribution in [0.2, 0.25) is 0 Å². The lowest BCUT2D eigenvalue weighted by atomic mass is 10.1. The standard InChI is InChI=1S/C17H23N5O2S/c1-12(2)10-18-16(24)19-15(23)11-25-17-21-20-14(22(17)3)9-13-7-5-4-6-8-13/h4-8,12H,9-11H2,1-3H3,(H2,18,19,23,24). The topological polar surface area (TPSA) is 88.9 Å². The summed E-state index contributed by atoms with van der Waals surface area (Å²) in [6.07, 6.45) is 0.675.